The molecule has 2 aliphatic heterocycles. The van der Waals surface area contributed by atoms with Gasteiger partial charge in [0.2, 0.25) is 5.78 Å². The second kappa shape index (κ2) is 6.14. The van der Waals surface area contributed by atoms with Gasteiger partial charge in [-0.3, -0.25) is 9.59 Å². The minimum absolute atomic E-state index is 0.0664. The highest BCUT2D eigenvalue weighted by molar-refractivity contribution is 6.24. The number of allylic oxidation sites excluding steroid dienone is 3. The van der Waals surface area contributed by atoms with E-state index >= 15 is 0 Å². The number of ether oxygens (including phenoxy) is 2. The number of hydrogen-bond acceptors (Lipinski definition) is 5. The van der Waals surface area contributed by atoms with E-state index in [1.807, 2.05) is 32.1 Å². The molecule has 0 spiro atoms. The lowest BCUT2D eigenvalue weighted by Gasteiger charge is -2.36. The average molecular weight is 342 g/mol. The third kappa shape index (κ3) is 2.58. The summed E-state index contributed by atoms with van der Waals surface area (Å²) in [5.41, 5.74) is -0.345. The van der Waals surface area contributed by atoms with E-state index in [0.29, 0.717) is 29.7 Å². The Kier molecular flexibility index (Phi) is 4.27. The van der Waals surface area contributed by atoms with Gasteiger partial charge in [0.15, 0.2) is 11.4 Å². The third-order valence-corrected chi connectivity index (χ3v) is 5.22. The molecule has 2 heterocycles. The Balaban J connectivity index is 2.08. The molecule has 5 heteroatoms. The highest BCUT2D eigenvalue weighted by atomic mass is 16.6. The van der Waals surface area contributed by atoms with Gasteiger partial charge in [-0.1, -0.05) is 19.9 Å². The van der Waals surface area contributed by atoms with E-state index in [0.717, 1.165) is 0 Å². The first-order valence-corrected chi connectivity index (χ1v) is 8.60. The number of carbonyl (C=O) groups excluding carboxylic acids is 3. The van der Waals surface area contributed by atoms with Crippen molar-refractivity contribution < 1.29 is 23.9 Å². The molecule has 0 aromatic carbocycles. The van der Waals surface area contributed by atoms with Crippen LogP contribution in [0.25, 0.3) is 0 Å². The van der Waals surface area contributed by atoms with E-state index in [-0.39, 0.29) is 29.0 Å². The molecule has 1 aliphatic carbocycles. The number of Topliss-reactive ketones (excluding diaryl/α,β-unsaturated/α-hetero) is 2. The molecular formula is C20H22O5. The van der Waals surface area contributed by atoms with E-state index in [1.165, 1.54) is 6.26 Å². The number of carbonyl (C=O) groups is 3. The molecule has 3 rings (SSSR count). The molecule has 5 nitrogen and oxygen atoms in total. The normalized spacial score (nSPS) is 29.5. The summed E-state index contributed by atoms with van der Waals surface area (Å²) < 4.78 is 10.9. The molecule has 132 valence electrons. The van der Waals surface area contributed by atoms with Crippen molar-refractivity contribution in [3.63, 3.8) is 0 Å². The maximum absolute atomic E-state index is 13.0. The van der Waals surface area contributed by atoms with Gasteiger partial charge in [-0.25, -0.2) is 4.79 Å². The molecule has 0 saturated heterocycles. The third-order valence-electron chi connectivity index (χ3n) is 5.22. The lowest BCUT2D eigenvalue weighted by Crippen LogP contribution is -2.45. The standard InChI is InChI=1S/C20H22O5/c1-5-7-13-8-12-9-15-16(17(21)11(3)6-2)19(23)25-20(15,4)18(22)14(12)10-24-13/h5,7-8,10-12H,6,9H2,1-4H3/b7-5+. The van der Waals surface area contributed by atoms with Crippen LogP contribution in [0.15, 0.2) is 47.0 Å². The molecule has 25 heavy (non-hydrogen) atoms. The van der Waals surface area contributed by atoms with Gasteiger partial charge in [0.05, 0.1) is 6.26 Å². The van der Waals surface area contributed by atoms with Crippen LogP contribution in [0.3, 0.4) is 0 Å². The van der Waals surface area contributed by atoms with E-state index in [1.54, 1.807) is 13.8 Å². The molecule has 0 amide bonds. The van der Waals surface area contributed by atoms with Crippen LogP contribution in [0.4, 0.5) is 0 Å². The zero-order valence-electron chi connectivity index (χ0n) is 14.9. The Hall–Kier alpha value is -2.43. The van der Waals surface area contributed by atoms with Gasteiger partial charge in [0, 0.05) is 17.4 Å². The summed E-state index contributed by atoms with van der Waals surface area (Å²) in [6.07, 6.45) is 7.98. The first-order valence-electron chi connectivity index (χ1n) is 8.60. The van der Waals surface area contributed by atoms with Crippen molar-refractivity contribution in [2.75, 3.05) is 0 Å². The molecule has 0 N–H and O–H groups in total. The Morgan fingerprint density at radius 3 is 2.80 bits per heavy atom. The van der Waals surface area contributed by atoms with Crippen LogP contribution < -0.4 is 0 Å². The van der Waals surface area contributed by atoms with Gasteiger partial charge in [0.1, 0.15) is 11.3 Å². The summed E-state index contributed by atoms with van der Waals surface area (Å²) in [6, 6.07) is 0. The van der Waals surface area contributed by atoms with Gasteiger partial charge >= 0.3 is 5.97 Å². The van der Waals surface area contributed by atoms with Crippen molar-refractivity contribution in [3.8, 4) is 0 Å². The fraction of sp³-hybridized carbons (Fsp3) is 0.450. The Morgan fingerprint density at radius 1 is 1.44 bits per heavy atom. The summed E-state index contributed by atoms with van der Waals surface area (Å²) in [6.45, 7) is 7.13. The van der Waals surface area contributed by atoms with Gasteiger partial charge in [0.25, 0.3) is 0 Å². The smallest absolute Gasteiger partial charge is 0.343 e. The van der Waals surface area contributed by atoms with Crippen molar-refractivity contribution >= 4 is 17.5 Å². The van der Waals surface area contributed by atoms with Gasteiger partial charge in [-0.2, -0.15) is 0 Å². The summed E-state index contributed by atoms with van der Waals surface area (Å²) in [7, 11) is 0. The minimum Gasteiger partial charge on any atom is -0.465 e. The molecule has 0 aromatic heterocycles. The van der Waals surface area contributed by atoms with Crippen molar-refractivity contribution in [1.82, 2.24) is 0 Å². The zero-order chi connectivity index (χ0) is 18.4. The highest BCUT2D eigenvalue weighted by Gasteiger charge is 2.56. The summed E-state index contributed by atoms with van der Waals surface area (Å²) in [5, 5.41) is 0. The molecule has 3 unspecified atom stereocenters. The number of esters is 1. The average Bonchev–Trinajstić information content (AvgIpc) is 2.85. The van der Waals surface area contributed by atoms with Crippen LogP contribution in [0.2, 0.25) is 0 Å². The monoisotopic (exact) mass is 342 g/mol. The van der Waals surface area contributed by atoms with Crippen molar-refractivity contribution in [1.29, 1.82) is 0 Å². The van der Waals surface area contributed by atoms with Crippen molar-refractivity contribution in [3.05, 3.63) is 47.0 Å². The zero-order valence-corrected chi connectivity index (χ0v) is 14.9. The maximum Gasteiger partial charge on any atom is 0.343 e. The van der Waals surface area contributed by atoms with E-state index in [2.05, 4.69) is 0 Å². The van der Waals surface area contributed by atoms with Crippen LogP contribution in [0.1, 0.15) is 40.5 Å². The molecule has 3 aliphatic rings. The largest absolute Gasteiger partial charge is 0.465 e. The Labute approximate surface area is 147 Å². The van der Waals surface area contributed by atoms with Crippen molar-refractivity contribution in [2.24, 2.45) is 11.8 Å². The van der Waals surface area contributed by atoms with Crippen LogP contribution >= 0.6 is 0 Å². The number of ketones is 2. The van der Waals surface area contributed by atoms with Crippen LogP contribution in [0.5, 0.6) is 0 Å². The molecule has 0 aromatic rings. The molecular weight excluding hydrogens is 320 g/mol. The predicted molar refractivity (Wildman–Crippen MR) is 91.2 cm³/mol. The van der Waals surface area contributed by atoms with Gasteiger partial charge in [-0.05, 0) is 44.4 Å². The highest BCUT2D eigenvalue weighted by Crippen LogP contribution is 2.47. The van der Waals surface area contributed by atoms with Gasteiger partial charge < -0.3 is 9.47 Å². The first-order chi connectivity index (χ1) is 11.8. The van der Waals surface area contributed by atoms with E-state index in [4.69, 9.17) is 9.47 Å². The molecule has 1 saturated carbocycles. The number of rotatable bonds is 4. The summed E-state index contributed by atoms with van der Waals surface area (Å²) in [4.78, 5) is 38.0. The summed E-state index contributed by atoms with van der Waals surface area (Å²) >= 11 is 0. The SMILES string of the molecule is C/C=C/C1=CC2CC3=C(C(=O)C(C)CC)C(=O)OC3(C)C(=O)C2=CO1. The fourth-order valence-electron chi connectivity index (χ4n) is 3.51. The second-order valence-electron chi connectivity index (χ2n) is 6.85. The summed E-state index contributed by atoms with van der Waals surface area (Å²) in [5.74, 6) is -1.09. The maximum atomic E-state index is 13.0. The molecule has 3 atom stereocenters. The Bertz CT molecular complexity index is 780. The van der Waals surface area contributed by atoms with Gasteiger partial charge in [-0.15, -0.1) is 0 Å². The van der Waals surface area contributed by atoms with Crippen LogP contribution in [-0.4, -0.2) is 23.1 Å². The topological polar surface area (TPSA) is 69.7 Å². The lowest BCUT2D eigenvalue weighted by atomic mass is 9.70. The van der Waals surface area contributed by atoms with Crippen molar-refractivity contribution in [2.45, 2.75) is 46.1 Å². The molecule has 0 bridgehead atoms. The molecule has 1 fully saturated rings. The lowest BCUT2D eigenvalue weighted by molar-refractivity contribution is -0.154. The number of hydrogen-bond donors (Lipinski definition) is 0. The van der Waals surface area contributed by atoms with Crippen LogP contribution in [0, 0.1) is 11.8 Å². The molecule has 0 radical (unpaired) electrons. The quantitative estimate of drug-likeness (QED) is 0.580. The minimum atomic E-state index is -1.40. The van der Waals surface area contributed by atoms with E-state index in [9.17, 15) is 14.4 Å². The van der Waals surface area contributed by atoms with Crippen LogP contribution in [-0.2, 0) is 23.9 Å². The van der Waals surface area contributed by atoms with E-state index < -0.39 is 11.6 Å². The Morgan fingerprint density at radius 2 is 2.16 bits per heavy atom. The first kappa shape index (κ1) is 17.4. The number of fused-ring (bicyclic) bond motifs is 2. The predicted octanol–water partition coefficient (Wildman–Crippen LogP) is 3.18. The fourth-order valence-corrected chi connectivity index (χ4v) is 3.51. The second-order valence-corrected chi connectivity index (χ2v) is 6.85.